The number of benzene rings is 1. The molecule has 8 nitrogen and oxygen atoms in total. The summed E-state index contributed by atoms with van der Waals surface area (Å²) < 4.78 is 16.1. The van der Waals surface area contributed by atoms with Gasteiger partial charge in [-0.05, 0) is 30.3 Å². The summed E-state index contributed by atoms with van der Waals surface area (Å²) in [6, 6.07) is 8.38. The van der Waals surface area contributed by atoms with Crippen molar-refractivity contribution in [2.24, 2.45) is 0 Å². The number of furan rings is 1. The van der Waals surface area contributed by atoms with Gasteiger partial charge in [0, 0.05) is 44.6 Å². The minimum atomic E-state index is -0.170. The van der Waals surface area contributed by atoms with Crippen molar-refractivity contribution < 1.29 is 28.3 Å². The Morgan fingerprint density at radius 1 is 0.862 bits per heavy atom. The Hall–Kier alpha value is -3.29. The van der Waals surface area contributed by atoms with Crippen LogP contribution in [-0.2, 0) is 4.79 Å². The predicted molar refractivity (Wildman–Crippen MR) is 102 cm³/mol. The number of piperazine rings is 1. The van der Waals surface area contributed by atoms with Gasteiger partial charge in [-0.15, -0.1) is 0 Å². The zero-order valence-electron chi connectivity index (χ0n) is 16.0. The number of hydrogen-bond acceptors (Lipinski definition) is 6. The molecule has 8 heteroatoms. The zero-order valence-corrected chi connectivity index (χ0v) is 16.0. The van der Waals surface area contributed by atoms with Crippen LogP contribution in [0.25, 0.3) is 0 Å². The topological polar surface area (TPSA) is 89.3 Å². The Balaban J connectivity index is 1.26. The number of ether oxygens (including phenoxy) is 2. The summed E-state index contributed by atoms with van der Waals surface area (Å²) in [5.41, 5.74) is 0.510. The monoisotopic (exact) mass is 398 g/mol. The maximum Gasteiger partial charge on any atom is 0.289 e. The van der Waals surface area contributed by atoms with Crippen molar-refractivity contribution in [3.05, 3.63) is 47.9 Å². The number of ketones is 1. The lowest BCUT2D eigenvalue weighted by molar-refractivity contribution is -0.132. The normalized spacial score (nSPS) is 15.9. The molecule has 2 aliphatic heterocycles. The first-order valence-electron chi connectivity index (χ1n) is 9.65. The van der Waals surface area contributed by atoms with Crippen LogP contribution in [0.5, 0.6) is 11.5 Å². The van der Waals surface area contributed by atoms with Crippen molar-refractivity contribution in [1.82, 2.24) is 9.80 Å². The molecule has 0 saturated carbocycles. The number of amides is 2. The molecular formula is C21H22N2O6. The Morgan fingerprint density at radius 2 is 1.59 bits per heavy atom. The number of nitrogens with zero attached hydrogens (tertiary/aromatic N) is 2. The van der Waals surface area contributed by atoms with Crippen molar-refractivity contribution in [3.63, 3.8) is 0 Å². The van der Waals surface area contributed by atoms with E-state index in [-0.39, 0.29) is 30.4 Å². The average molecular weight is 398 g/mol. The summed E-state index contributed by atoms with van der Waals surface area (Å²) in [7, 11) is 0. The molecule has 2 aliphatic rings. The molecule has 4 rings (SSSR count). The molecule has 1 fully saturated rings. The number of carbonyl (C=O) groups is 3. The molecule has 0 atom stereocenters. The molecule has 0 bridgehead atoms. The first kappa shape index (κ1) is 19.0. The van der Waals surface area contributed by atoms with Crippen molar-refractivity contribution >= 4 is 17.6 Å². The van der Waals surface area contributed by atoms with Gasteiger partial charge in [0.15, 0.2) is 23.0 Å². The van der Waals surface area contributed by atoms with Gasteiger partial charge in [-0.25, -0.2) is 0 Å². The van der Waals surface area contributed by atoms with Crippen LogP contribution in [0.3, 0.4) is 0 Å². The molecule has 0 unspecified atom stereocenters. The molecule has 1 aromatic carbocycles. The molecular weight excluding hydrogens is 376 g/mol. The first-order chi connectivity index (χ1) is 14.1. The van der Waals surface area contributed by atoms with E-state index < -0.39 is 0 Å². The first-order valence-corrected chi connectivity index (χ1v) is 9.65. The van der Waals surface area contributed by atoms with E-state index in [0.717, 1.165) is 0 Å². The summed E-state index contributed by atoms with van der Waals surface area (Å²) >= 11 is 0. The maximum atomic E-state index is 12.5. The molecule has 0 spiro atoms. The van der Waals surface area contributed by atoms with Gasteiger partial charge in [0.2, 0.25) is 5.91 Å². The fraction of sp³-hybridized carbons (Fsp3) is 0.381. The number of rotatable bonds is 5. The highest BCUT2D eigenvalue weighted by atomic mass is 16.6. The standard InChI is InChI=1S/C21H22N2O6/c24-16(15-3-5-17-19(14-15)29-13-12-28-17)4-6-20(25)22-7-9-23(10-8-22)21(26)18-2-1-11-27-18/h1-3,5,11,14H,4,6-10,12-13H2. The number of carbonyl (C=O) groups excluding carboxylic acids is 3. The fourth-order valence-electron chi connectivity index (χ4n) is 3.45. The van der Waals surface area contributed by atoms with E-state index in [1.807, 2.05) is 0 Å². The molecule has 29 heavy (non-hydrogen) atoms. The number of Topliss-reactive ketones (excluding diaryl/α,β-unsaturated/α-hetero) is 1. The average Bonchev–Trinajstić information content (AvgIpc) is 3.31. The van der Waals surface area contributed by atoms with E-state index in [0.29, 0.717) is 62.2 Å². The van der Waals surface area contributed by atoms with E-state index >= 15 is 0 Å². The Bertz CT molecular complexity index is 900. The third-order valence-electron chi connectivity index (χ3n) is 5.08. The van der Waals surface area contributed by atoms with Gasteiger partial charge >= 0.3 is 0 Å². The molecule has 0 N–H and O–H groups in total. The van der Waals surface area contributed by atoms with Crippen molar-refractivity contribution in [2.75, 3.05) is 39.4 Å². The van der Waals surface area contributed by atoms with E-state index in [1.54, 1.807) is 40.1 Å². The molecule has 1 saturated heterocycles. The van der Waals surface area contributed by atoms with Gasteiger partial charge in [0.1, 0.15) is 13.2 Å². The number of hydrogen-bond donors (Lipinski definition) is 0. The van der Waals surface area contributed by atoms with Crippen LogP contribution < -0.4 is 9.47 Å². The molecule has 0 radical (unpaired) electrons. The highest BCUT2D eigenvalue weighted by Crippen LogP contribution is 2.31. The second kappa shape index (κ2) is 8.38. The second-order valence-corrected chi connectivity index (χ2v) is 6.93. The summed E-state index contributed by atoms with van der Waals surface area (Å²) in [6.45, 7) is 2.74. The lowest BCUT2D eigenvalue weighted by Gasteiger charge is -2.34. The molecule has 152 valence electrons. The highest BCUT2D eigenvalue weighted by molar-refractivity contribution is 5.98. The Morgan fingerprint density at radius 3 is 2.31 bits per heavy atom. The predicted octanol–water partition coefficient (Wildman–Crippen LogP) is 2.00. The highest BCUT2D eigenvalue weighted by Gasteiger charge is 2.26. The maximum absolute atomic E-state index is 12.5. The van der Waals surface area contributed by atoms with Crippen molar-refractivity contribution in [3.8, 4) is 11.5 Å². The van der Waals surface area contributed by atoms with E-state index in [9.17, 15) is 14.4 Å². The van der Waals surface area contributed by atoms with Crippen LogP contribution >= 0.6 is 0 Å². The number of fused-ring (bicyclic) bond motifs is 1. The summed E-state index contributed by atoms with van der Waals surface area (Å²) in [5, 5.41) is 0. The minimum absolute atomic E-state index is 0.0824. The van der Waals surface area contributed by atoms with Crippen molar-refractivity contribution in [2.45, 2.75) is 12.8 Å². The summed E-state index contributed by atoms with van der Waals surface area (Å²) in [4.78, 5) is 40.6. The molecule has 2 aromatic rings. The Kier molecular flexibility index (Phi) is 5.50. The van der Waals surface area contributed by atoms with Crippen LogP contribution in [-0.4, -0.2) is 66.8 Å². The van der Waals surface area contributed by atoms with Crippen LogP contribution in [0.1, 0.15) is 33.8 Å². The van der Waals surface area contributed by atoms with Gasteiger partial charge in [-0.2, -0.15) is 0 Å². The van der Waals surface area contributed by atoms with Gasteiger partial charge in [-0.3, -0.25) is 14.4 Å². The van der Waals surface area contributed by atoms with Crippen LogP contribution in [0, 0.1) is 0 Å². The van der Waals surface area contributed by atoms with Gasteiger partial charge < -0.3 is 23.7 Å². The Labute approximate surface area is 168 Å². The third-order valence-corrected chi connectivity index (χ3v) is 5.08. The third kappa shape index (κ3) is 4.26. The van der Waals surface area contributed by atoms with E-state index in [4.69, 9.17) is 13.9 Å². The molecule has 1 aromatic heterocycles. The largest absolute Gasteiger partial charge is 0.486 e. The summed E-state index contributed by atoms with van der Waals surface area (Å²) in [6.07, 6.45) is 1.73. The van der Waals surface area contributed by atoms with Crippen LogP contribution in [0.2, 0.25) is 0 Å². The molecule has 3 heterocycles. The lowest BCUT2D eigenvalue weighted by Crippen LogP contribution is -2.50. The quantitative estimate of drug-likeness (QED) is 0.716. The second-order valence-electron chi connectivity index (χ2n) is 6.93. The van der Waals surface area contributed by atoms with Gasteiger partial charge in [0.25, 0.3) is 5.91 Å². The smallest absolute Gasteiger partial charge is 0.289 e. The lowest BCUT2D eigenvalue weighted by atomic mass is 10.1. The molecule has 0 aliphatic carbocycles. The van der Waals surface area contributed by atoms with E-state index in [1.165, 1.54) is 6.26 Å². The fourth-order valence-corrected chi connectivity index (χ4v) is 3.45. The van der Waals surface area contributed by atoms with Crippen molar-refractivity contribution in [1.29, 1.82) is 0 Å². The SMILES string of the molecule is O=C(CCC(=O)N1CCN(C(=O)c2ccco2)CC1)c1ccc2c(c1)OCCO2. The van der Waals surface area contributed by atoms with Crippen LogP contribution in [0.4, 0.5) is 0 Å². The van der Waals surface area contributed by atoms with Gasteiger partial charge in [0.05, 0.1) is 6.26 Å². The zero-order chi connectivity index (χ0) is 20.2. The van der Waals surface area contributed by atoms with Crippen LogP contribution in [0.15, 0.2) is 41.0 Å². The minimum Gasteiger partial charge on any atom is -0.486 e. The van der Waals surface area contributed by atoms with E-state index in [2.05, 4.69) is 0 Å². The summed E-state index contributed by atoms with van der Waals surface area (Å²) in [5.74, 6) is 1.13. The van der Waals surface area contributed by atoms with Gasteiger partial charge in [-0.1, -0.05) is 0 Å². The molecule has 2 amide bonds.